The van der Waals surface area contributed by atoms with E-state index in [0.717, 1.165) is 5.69 Å². The van der Waals surface area contributed by atoms with Gasteiger partial charge in [-0.05, 0) is 121 Å². The second-order valence-corrected chi connectivity index (χ2v) is 19.6. The molecule has 9 aromatic rings. The van der Waals surface area contributed by atoms with Crippen molar-refractivity contribution in [2.75, 3.05) is 4.90 Å². The van der Waals surface area contributed by atoms with Crippen LogP contribution in [0, 0.1) is 0 Å². The third kappa shape index (κ3) is 4.73. The van der Waals surface area contributed by atoms with Crippen LogP contribution in [-0.4, -0.2) is 0 Å². The molecule has 1 nitrogen and oxygen atoms in total. The first kappa shape index (κ1) is 34.8. The lowest BCUT2D eigenvalue weighted by atomic mass is 9.78. The van der Waals surface area contributed by atoms with Crippen molar-refractivity contribution in [2.24, 2.45) is 0 Å². The van der Waals surface area contributed by atoms with E-state index in [-0.39, 0.29) is 16.2 Å². The Kier molecular flexibility index (Phi) is 7.04. The Hall–Kier alpha value is -6.22. The first-order valence-electron chi connectivity index (χ1n) is 21.0. The highest BCUT2D eigenvalue weighted by Gasteiger charge is 2.43. The molecule has 0 amide bonds. The minimum absolute atomic E-state index is 0.0568. The lowest BCUT2D eigenvalue weighted by Gasteiger charge is -2.30. The standard InChI is InChI=1S/C57H45NS/c1-55(2)45-17-10-7-14-38(45)40-29-27-37(31-48(40)55)58(36-25-22-34(23-26-36)35-24-28-42-41-16-9-12-21-52(41)59-53(42)30-35)51-20-13-19-47-54(51)44-32-43-39-15-8-11-18-46(39)56(3,4)49(43)33-50(44)57(47,5)6/h7-33H,1-6H3. The molecule has 0 bridgehead atoms. The molecule has 3 aliphatic rings. The smallest absolute Gasteiger partial charge is 0.0543 e. The lowest BCUT2D eigenvalue weighted by Crippen LogP contribution is -2.19. The van der Waals surface area contributed by atoms with Gasteiger partial charge in [0.1, 0.15) is 0 Å². The number of hydrogen-bond donors (Lipinski definition) is 0. The van der Waals surface area contributed by atoms with Crippen molar-refractivity contribution in [3.8, 4) is 44.5 Å². The predicted octanol–water partition coefficient (Wildman–Crippen LogP) is 16.1. The van der Waals surface area contributed by atoms with Gasteiger partial charge in [-0.1, -0.05) is 157 Å². The van der Waals surface area contributed by atoms with Crippen LogP contribution >= 0.6 is 11.3 Å². The van der Waals surface area contributed by atoms with E-state index < -0.39 is 0 Å². The molecule has 59 heavy (non-hydrogen) atoms. The number of hydrogen-bond acceptors (Lipinski definition) is 2. The van der Waals surface area contributed by atoms with Crippen molar-refractivity contribution in [3.05, 3.63) is 197 Å². The van der Waals surface area contributed by atoms with Crippen LogP contribution in [0.5, 0.6) is 0 Å². The molecule has 0 spiro atoms. The van der Waals surface area contributed by atoms with E-state index in [4.69, 9.17) is 0 Å². The monoisotopic (exact) mass is 775 g/mol. The molecule has 0 fully saturated rings. The summed E-state index contributed by atoms with van der Waals surface area (Å²) in [5, 5.41) is 2.67. The molecule has 0 N–H and O–H groups in total. The second-order valence-electron chi connectivity index (χ2n) is 18.5. The molecule has 0 unspecified atom stereocenters. The lowest BCUT2D eigenvalue weighted by molar-refractivity contribution is 0.639. The summed E-state index contributed by atoms with van der Waals surface area (Å²) in [6, 6.07) is 62.3. The van der Waals surface area contributed by atoms with Crippen LogP contribution in [0.4, 0.5) is 17.1 Å². The molecular formula is C57H45NS. The Labute approximate surface area is 351 Å². The van der Waals surface area contributed by atoms with Gasteiger partial charge in [-0.25, -0.2) is 0 Å². The van der Waals surface area contributed by atoms with E-state index in [1.165, 1.54) is 109 Å². The summed E-state index contributed by atoms with van der Waals surface area (Å²) in [5.41, 5.74) is 22.2. The molecule has 0 atom stereocenters. The number of anilines is 3. The fourth-order valence-electron chi connectivity index (χ4n) is 11.1. The average Bonchev–Trinajstić information content (AvgIpc) is 3.89. The van der Waals surface area contributed by atoms with Crippen molar-refractivity contribution >= 4 is 48.6 Å². The molecule has 0 saturated carbocycles. The molecule has 2 heteroatoms. The van der Waals surface area contributed by atoms with Crippen molar-refractivity contribution in [1.29, 1.82) is 0 Å². The summed E-state index contributed by atoms with van der Waals surface area (Å²) < 4.78 is 2.67. The number of rotatable bonds is 4. The van der Waals surface area contributed by atoms with Gasteiger partial charge in [-0.15, -0.1) is 11.3 Å². The van der Waals surface area contributed by atoms with E-state index >= 15 is 0 Å². The summed E-state index contributed by atoms with van der Waals surface area (Å²) in [5.74, 6) is 0. The maximum atomic E-state index is 2.55. The summed E-state index contributed by atoms with van der Waals surface area (Å²) in [4.78, 5) is 2.54. The van der Waals surface area contributed by atoms with Gasteiger partial charge >= 0.3 is 0 Å². The summed E-state index contributed by atoms with van der Waals surface area (Å²) >= 11 is 1.88. The fourth-order valence-corrected chi connectivity index (χ4v) is 12.3. The van der Waals surface area contributed by atoms with E-state index in [9.17, 15) is 0 Å². The van der Waals surface area contributed by atoms with Crippen LogP contribution in [-0.2, 0) is 16.2 Å². The van der Waals surface area contributed by atoms with Gasteiger partial charge in [0.2, 0.25) is 0 Å². The highest BCUT2D eigenvalue weighted by atomic mass is 32.1. The Bertz CT molecular complexity index is 3240. The molecule has 284 valence electrons. The van der Waals surface area contributed by atoms with Gasteiger partial charge in [0, 0.05) is 53.4 Å². The quantitative estimate of drug-likeness (QED) is 0.172. The zero-order chi connectivity index (χ0) is 40.0. The largest absolute Gasteiger partial charge is 0.310 e. The second kappa shape index (κ2) is 11.9. The van der Waals surface area contributed by atoms with Crippen molar-refractivity contribution < 1.29 is 0 Å². The van der Waals surface area contributed by atoms with Crippen LogP contribution in [0.25, 0.3) is 64.7 Å². The topological polar surface area (TPSA) is 3.24 Å². The zero-order valence-corrected chi connectivity index (χ0v) is 35.3. The highest BCUT2D eigenvalue weighted by Crippen LogP contribution is 2.59. The van der Waals surface area contributed by atoms with Gasteiger partial charge in [-0.2, -0.15) is 0 Å². The third-order valence-corrected chi connectivity index (χ3v) is 15.4. The average molecular weight is 776 g/mol. The Balaban J connectivity index is 1.06. The van der Waals surface area contributed by atoms with Crippen LogP contribution in [0.15, 0.2) is 164 Å². The normalized spacial score (nSPS) is 15.7. The number of nitrogens with zero attached hydrogens (tertiary/aromatic N) is 1. The zero-order valence-electron chi connectivity index (χ0n) is 34.4. The van der Waals surface area contributed by atoms with Crippen LogP contribution in [0.3, 0.4) is 0 Å². The van der Waals surface area contributed by atoms with Crippen LogP contribution in [0.2, 0.25) is 0 Å². The molecule has 1 heterocycles. The maximum Gasteiger partial charge on any atom is 0.0543 e. The van der Waals surface area contributed by atoms with E-state index in [0.29, 0.717) is 0 Å². The van der Waals surface area contributed by atoms with E-state index in [2.05, 4.69) is 210 Å². The third-order valence-electron chi connectivity index (χ3n) is 14.3. The van der Waals surface area contributed by atoms with Crippen molar-refractivity contribution in [3.63, 3.8) is 0 Å². The molecule has 12 rings (SSSR count). The Morgan fingerprint density at radius 3 is 1.68 bits per heavy atom. The Morgan fingerprint density at radius 1 is 0.356 bits per heavy atom. The number of fused-ring (bicyclic) bond motifs is 12. The van der Waals surface area contributed by atoms with Gasteiger partial charge in [-0.3, -0.25) is 0 Å². The summed E-state index contributed by atoms with van der Waals surface area (Å²) in [7, 11) is 0. The number of thiophene rings is 1. The molecule has 3 aliphatic carbocycles. The van der Waals surface area contributed by atoms with Crippen LogP contribution in [0.1, 0.15) is 74.9 Å². The van der Waals surface area contributed by atoms with Crippen molar-refractivity contribution in [2.45, 2.75) is 57.8 Å². The minimum Gasteiger partial charge on any atom is -0.310 e. The van der Waals surface area contributed by atoms with Gasteiger partial charge in [0.05, 0.1) is 5.69 Å². The van der Waals surface area contributed by atoms with Gasteiger partial charge < -0.3 is 4.90 Å². The predicted molar refractivity (Wildman–Crippen MR) is 252 cm³/mol. The van der Waals surface area contributed by atoms with E-state index in [1.807, 2.05) is 11.3 Å². The molecular weight excluding hydrogens is 731 g/mol. The number of benzene rings is 8. The molecule has 8 aromatic carbocycles. The molecule has 0 radical (unpaired) electrons. The summed E-state index contributed by atoms with van der Waals surface area (Å²) in [6.07, 6.45) is 0. The summed E-state index contributed by atoms with van der Waals surface area (Å²) in [6.45, 7) is 14.4. The first-order valence-corrected chi connectivity index (χ1v) is 21.8. The van der Waals surface area contributed by atoms with E-state index in [1.54, 1.807) is 0 Å². The maximum absolute atomic E-state index is 2.55. The van der Waals surface area contributed by atoms with Gasteiger partial charge in [0.25, 0.3) is 0 Å². The SMILES string of the molecule is CC1(C)c2ccccc2-c2ccc(N(c3ccc(-c4ccc5c(c4)sc4ccccc45)cc3)c3cccc4c3-c3cc5c(cc3C4(C)C)C(C)(C)c3ccccc3-5)cc21. The fraction of sp³-hybridized carbons (Fsp3) is 0.158. The molecule has 0 aliphatic heterocycles. The minimum atomic E-state index is -0.164. The van der Waals surface area contributed by atoms with Crippen molar-refractivity contribution in [1.82, 2.24) is 0 Å². The first-order chi connectivity index (χ1) is 28.5. The molecule has 0 saturated heterocycles. The molecule has 1 aromatic heterocycles. The Morgan fingerprint density at radius 2 is 0.915 bits per heavy atom. The van der Waals surface area contributed by atoms with Gasteiger partial charge in [0.15, 0.2) is 0 Å². The van der Waals surface area contributed by atoms with Crippen LogP contribution < -0.4 is 4.90 Å². The highest BCUT2D eigenvalue weighted by molar-refractivity contribution is 7.25.